The molecule has 1 aromatic carbocycles. The van der Waals surface area contributed by atoms with E-state index in [2.05, 4.69) is 48.3 Å². The third-order valence-electron chi connectivity index (χ3n) is 4.85. The average molecular weight is 446 g/mol. The van der Waals surface area contributed by atoms with Crippen molar-refractivity contribution in [3.8, 4) is 11.8 Å². The summed E-state index contributed by atoms with van der Waals surface area (Å²) in [5.74, 6) is 7.62. The summed E-state index contributed by atoms with van der Waals surface area (Å²) in [4.78, 5) is 20.3. The lowest BCUT2D eigenvalue weighted by Gasteiger charge is -2.12. The van der Waals surface area contributed by atoms with Crippen LogP contribution < -0.4 is 10.9 Å². The van der Waals surface area contributed by atoms with Crippen LogP contribution in [-0.4, -0.2) is 20.2 Å². The Morgan fingerprint density at radius 3 is 2.93 bits per heavy atom. The molecule has 0 radical (unpaired) electrons. The second-order valence-electron chi connectivity index (χ2n) is 7.02. The molecule has 0 aliphatic heterocycles. The fraction of sp³-hybridized carbons (Fsp3) is 0.182. The van der Waals surface area contributed by atoms with E-state index in [1.165, 1.54) is 0 Å². The highest BCUT2D eigenvalue weighted by molar-refractivity contribution is 9.10. The molecule has 3 heterocycles. The largest absolute Gasteiger partial charge is 0.364 e. The van der Waals surface area contributed by atoms with Crippen LogP contribution in [0.3, 0.4) is 0 Å². The number of rotatable bonds is 3. The molecule has 2 N–H and O–H groups in total. The Labute approximate surface area is 174 Å². The van der Waals surface area contributed by atoms with Gasteiger partial charge in [0.15, 0.2) is 0 Å². The summed E-state index contributed by atoms with van der Waals surface area (Å²) in [6.45, 7) is 0.476. The van der Waals surface area contributed by atoms with Crippen LogP contribution in [0, 0.1) is 17.8 Å². The molecule has 0 bridgehead atoms. The number of aromatic amines is 1. The second-order valence-corrected chi connectivity index (χ2v) is 7.93. The lowest BCUT2D eigenvalue weighted by Crippen LogP contribution is -2.11. The van der Waals surface area contributed by atoms with E-state index >= 15 is 0 Å². The van der Waals surface area contributed by atoms with E-state index in [1.54, 1.807) is 12.4 Å². The molecule has 7 heteroatoms. The first-order valence-electron chi connectivity index (χ1n) is 9.36. The lowest BCUT2D eigenvalue weighted by molar-refractivity contribution is 0.922. The summed E-state index contributed by atoms with van der Waals surface area (Å²) in [6, 6.07) is 9.58. The van der Waals surface area contributed by atoms with Gasteiger partial charge in [0.2, 0.25) is 0 Å². The zero-order valence-corrected chi connectivity index (χ0v) is 17.0. The fourth-order valence-electron chi connectivity index (χ4n) is 3.23. The standard InChI is InChI=1S/C22H16BrN5O/c23-15-7-8-17-18(10-15)19-20(14(11-25-22(19)29)6-5-13-3-4-13)27-21(17)24-12-16-2-1-9-26-28-16/h1-2,7-11,13H,3-4,12H2,(H,24,27)(H,25,29). The minimum Gasteiger partial charge on any atom is -0.364 e. The molecule has 3 aromatic heterocycles. The van der Waals surface area contributed by atoms with Crippen LogP contribution in [0.1, 0.15) is 24.1 Å². The van der Waals surface area contributed by atoms with Crippen LogP contribution in [0.2, 0.25) is 0 Å². The predicted octanol–water partition coefficient (Wildman–Crippen LogP) is 4.00. The van der Waals surface area contributed by atoms with Gasteiger partial charge in [0.1, 0.15) is 5.82 Å². The van der Waals surface area contributed by atoms with Gasteiger partial charge < -0.3 is 10.3 Å². The van der Waals surface area contributed by atoms with Gasteiger partial charge in [-0.25, -0.2) is 4.98 Å². The van der Waals surface area contributed by atoms with Gasteiger partial charge >= 0.3 is 0 Å². The highest BCUT2D eigenvalue weighted by Crippen LogP contribution is 2.32. The van der Waals surface area contributed by atoms with E-state index in [9.17, 15) is 4.79 Å². The zero-order chi connectivity index (χ0) is 19.8. The number of anilines is 1. The number of benzene rings is 1. The molecule has 4 aromatic rings. The van der Waals surface area contributed by atoms with E-state index in [-0.39, 0.29) is 5.56 Å². The number of nitrogens with one attached hydrogen (secondary N) is 2. The molecule has 1 aliphatic carbocycles. The van der Waals surface area contributed by atoms with E-state index in [0.29, 0.717) is 29.2 Å². The Hall–Kier alpha value is -3.24. The number of pyridine rings is 2. The van der Waals surface area contributed by atoms with Crippen LogP contribution >= 0.6 is 15.9 Å². The molecule has 1 saturated carbocycles. The minimum atomic E-state index is -0.173. The van der Waals surface area contributed by atoms with Crippen molar-refractivity contribution in [1.82, 2.24) is 20.2 Å². The number of H-pyrrole nitrogens is 1. The normalized spacial score (nSPS) is 13.3. The van der Waals surface area contributed by atoms with Crippen molar-refractivity contribution >= 4 is 43.4 Å². The topological polar surface area (TPSA) is 83.6 Å². The number of halogens is 1. The van der Waals surface area contributed by atoms with Crippen LogP contribution in [-0.2, 0) is 6.54 Å². The third-order valence-corrected chi connectivity index (χ3v) is 5.34. The third kappa shape index (κ3) is 3.59. The van der Waals surface area contributed by atoms with Gasteiger partial charge in [-0.1, -0.05) is 27.8 Å². The van der Waals surface area contributed by atoms with E-state index in [1.807, 2.05) is 30.3 Å². The molecule has 0 unspecified atom stereocenters. The summed E-state index contributed by atoms with van der Waals surface area (Å²) in [7, 11) is 0. The maximum Gasteiger partial charge on any atom is 0.258 e. The van der Waals surface area contributed by atoms with Gasteiger partial charge in [-0.05, 0) is 43.2 Å². The van der Waals surface area contributed by atoms with E-state index in [0.717, 1.165) is 39.3 Å². The highest BCUT2D eigenvalue weighted by atomic mass is 79.9. The second kappa shape index (κ2) is 7.30. The summed E-state index contributed by atoms with van der Waals surface area (Å²) in [6.07, 6.45) is 5.58. The van der Waals surface area contributed by atoms with Gasteiger partial charge in [0, 0.05) is 33.6 Å². The van der Waals surface area contributed by atoms with Crippen molar-refractivity contribution in [1.29, 1.82) is 0 Å². The van der Waals surface area contributed by atoms with Gasteiger partial charge in [-0.15, -0.1) is 0 Å². The smallest absolute Gasteiger partial charge is 0.258 e. The first-order chi connectivity index (χ1) is 14.2. The first kappa shape index (κ1) is 17.8. The summed E-state index contributed by atoms with van der Waals surface area (Å²) < 4.78 is 0.895. The van der Waals surface area contributed by atoms with Gasteiger partial charge in [0.25, 0.3) is 5.56 Å². The van der Waals surface area contributed by atoms with Crippen molar-refractivity contribution in [3.05, 3.63) is 68.8 Å². The van der Waals surface area contributed by atoms with Crippen LogP contribution in [0.4, 0.5) is 5.82 Å². The number of aromatic nitrogens is 4. The molecule has 142 valence electrons. The monoisotopic (exact) mass is 445 g/mol. The molecule has 0 spiro atoms. The van der Waals surface area contributed by atoms with Crippen LogP contribution in [0.25, 0.3) is 21.7 Å². The molecular weight excluding hydrogens is 430 g/mol. The number of hydrogen-bond donors (Lipinski definition) is 2. The van der Waals surface area contributed by atoms with Crippen molar-refractivity contribution in [2.75, 3.05) is 5.32 Å². The van der Waals surface area contributed by atoms with Crippen molar-refractivity contribution in [2.24, 2.45) is 5.92 Å². The number of hydrogen-bond acceptors (Lipinski definition) is 5. The quantitative estimate of drug-likeness (QED) is 0.367. The Morgan fingerprint density at radius 1 is 1.24 bits per heavy atom. The van der Waals surface area contributed by atoms with E-state index in [4.69, 9.17) is 4.98 Å². The van der Waals surface area contributed by atoms with E-state index < -0.39 is 0 Å². The summed E-state index contributed by atoms with van der Waals surface area (Å²) in [5.41, 5.74) is 1.97. The molecular formula is C22H16BrN5O. The average Bonchev–Trinajstić information content (AvgIpc) is 3.56. The molecule has 1 aliphatic rings. The minimum absolute atomic E-state index is 0.173. The molecule has 0 saturated heterocycles. The predicted molar refractivity (Wildman–Crippen MR) is 117 cm³/mol. The van der Waals surface area contributed by atoms with Crippen LogP contribution in [0.15, 0.2) is 52.0 Å². The lowest BCUT2D eigenvalue weighted by atomic mass is 10.0. The Morgan fingerprint density at radius 2 is 2.14 bits per heavy atom. The van der Waals surface area contributed by atoms with Gasteiger partial charge in [0.05, 0.1) is 28.7 Å². The molecule has 0 amide bonds. The van der Waals surface area contributed by atoms with Crippen molar-refractivity contribution < 1.29 is 0 Å². The SMILES string of the molecule is O=c1[nH]cc(C#CC2CC2)c2nc(NCc3cccnn3)c3ccc(Br)cc3c12. The number of nitrogens with zero attached hydrogens (tertiary/aromatic N) is 3. The molecule has 6 nitrogen and oxygen atoms in total. The Kier molecular flexibility index (Phi) is 4.49. The summed E-state index contributed by atoms with van der Waals surface area (Å²) >= 11 is 3.52. The Bertz CT molecular complexity index is 1350. The Balaban J connectivity index is 1.71. The molecule has 29 heavy (non-hydrogen) atoms. The van der Waals surface area contributed by atoms with Gasteiger partial charge in [-0.2, -0.15) is 10.2 Å². The maximum atomic E-state index is 12.7. The van der Waals surface area contributed by atoms with Crippen molar-refractivity contribution in [2.45, 2.75) is 19.4 Å². The molecule has 5 rings (SSSR count). The molecule has 1 fully saturated rings. The summed E-state index contributed by atoms with van der Waals surface area (Å²) in [5, 5.41) is 13.6. The van der Waals surface area contributed by atoms with Gasteiger partial charge in [-0.3, -0.25) is 4.79 Å². The first-order valence-corrected chi connectivity index (χ1v) is 10.1. The molecule has 0 atom stereocenters. The maximum absolute atomic E-state index is 12.7. The fourth-order valence-corrected chi connectivity index (χ4v) is 3.59. The number of fused-ring (bicyclic) bond motifs is 3. The van der Waals surface area contributed by atoms with Crippen LogP contribution in [0.5, 0.6) is 0 Å². The highest BCUT2D eigenvalue weighted by Gasteiger charge is 2.18. The van der Waals surface area contributed by atoms with Crippen molar-refractivity contribution in [3.63, 3.8) is 0 Å². The zero-order valence-electron chi connectivity index (χ0n) is 15.4.